The fourth-order valence-electron chi connectivity index (χ4n) is 4.71. The zero-order chi connectivity index (χ0) is 21.5. The molecule has 162 valence electrons. The number of hydrogen-bond acceptors (Lipinski definition) is 4. The van der Waals surface area contributed by atoms with Gasteiger partial charge in [0.1, 0.15) is 6.10 Å². The van der Waals surface area contributed by atoms with Crippen molar-refractivity contribution >= 4 is 11.9 Å². The molecule has 0 amide bonds. The molecule has 2 fully saturated rings. The van der Waals surface area contributed by atoms with E-state index in [4.69, 9.17) is 9.47 Å². The largest absolute Gasteiger partial charge is 0.466 e. The average Bonchev–Trinajstić information content (AvgIpc) is 2.87. The molecule has 2 bridgehead atoms. The molecule has 0 N–H and O–H groups in total. The van der Waals surface area contributed by atoms with Gasteiger partial charge in [0.25, 0.3) is 0 Å². The molecular weight excluding hydrogens is 352 g/mol. The second-order valence-corrected chi connectivity index (χ2v) is 9.80. The zero-order valence-corrected chi connectivity index (χ0v) is 19.4. The summed E-state index contributed by atoms with van der Waals surface area (Å²) in [5.41, 5.74) is 1.92. The molecule has 4 atom stereocenters. The molecule has 2 aliphatic rings. The standard InChI is InChI=1S/C12H20O2.C12H22O2/c1-8(13)14-10-7-9-5-6-12(10,4)11(9,2)3;1-10(2)6-5-7-11(3)8-9-14-12(4)13/h9-10H,5-7H2,1-4H3;6,11H,5,7-9H2,1-4H3. The first-order chi connectivity index (χ1) is 12.9. The first-order valence-corrected chi connectivity index (χ1v) is 10.8. The third kappa shape index (κ3) is 6.63. The van der Waals surface area contributed by atoms with Crippen LogP contribution in [0.25, 0.3) is 0 Å². The summed E-state index contributed by atoms with van der Waals surface area (Å²) in [6.45, 7) is 16.9. The topological polar surface area (TPSA) is 52.6 Å². The van der Waals surface area contributed by atoms with Crippen molar-refractivity contribution in [1.29, 1.82) is 0 Å². The van der Waals surface area contributed by atoms with Gasteiger partial charge in [-0.05, 0) is 69.6 Å². The van der Waals surface area contributed by atoms with Crippen molar-refractivity contribution in [3.63, 3.8) is 0 Å². The summed E-state index contributed by atoms with van der Waals surface area (Å²) in [5.74, 6) is 1.07. The highest BCUT2D eigenvalue weighted by molar-refractivity contribution is 5.66. The van der Waals surface area contributed by atoms with E-state index >= 15 is 0 Å². The Labute approximate surface area is 172 Å². The zero-order valence-electron chi connectivity index (χ0n) is 19.4. The second kappa shape index (κ2) is 10.5. The molecule has 0 spiro atoms. The van der Waals surface area contributed by atoms with Crippen LogP contribution in [0.3, 0.4) is 0 Å². The molecule has 0 aromatic heterocycles. The third-order valence-electron chi connectivity index (χ3n) is 7.15. The fraction of sp³-hybridized carbons (Fsp3) is 0.833. The number of carbonyl (C=O) groups excluding carboxylic acids is 2. The van der Waals surface area contributed by atoms with E-state index in [9.17, 15) is 9.59 Å². The summed E-state index contributed by atoms with van der Waals surface area (Å²) in [5, 5.41) is 0. The van der Waals surface area contributed by atoms with Crippen LogP contribution in [0.5, 0.6) is 0 Å². The lowest BCUT2D eigenvalue weighted by molar-refractivity contribution is -0.154. The predicted octanol–water partition coefficient (Wildman–Crippen LogP) is 6.09. The monoisotopic (exact) mass is 394 g/mol. The Morgan fingerprint density at radius 2 is 1.71 bits per heavy atom. The number of allylic oxidation sites excluding steroid dienone is 2. The van der Waals surface area contributed by atoms with E-state index in [1.165, 1.54) is 38.7 Å². The van der Waals surface area contributed by atoms with Crippen LogP contribution < -0.4 is 0 Å². The van der Waals surface area contributed by atoms with Gasteiger partial charge in [0.2, 0.25) is 0 Å². The third-order valence-corrected chi connectivity index (χ3v) is 7.15. The molecule has 2 saturated carbocycles. The number of carbonyl (C=O) groups is 2. The molecule has 0 aliphatic heterocycles. The Kier molecular flexibility index (Phi) is 9.23. The molecule has 0 aromatic carbocycles. The van der Waals surface area contributed by atoms with Gasteiger partial charge in [-0.1, -0.05) is 39.3 Å². The van der Waals surface area contributed by atoms with Gasteiger partial charge in [0.15, 0.2) is 0 Å². The molecule has 2 aliphatic carbocycles. The molecular formula is C24H42O4. The van der Waals surface area contributed by atoms with E-state index in [0.29, 0.717) is 17.9 Å². The van der Waals surface area contributed by atoms with E-state index < -0.39 is 0 Å². The number of fused-ring (bicyclic) bond motifs is 2. The summed E-state index contributed by atoms with van der Waals surface area (Å²) in [6, 6.07) is 0. The van der Waals surface area contributed by atoms with Crippen molar-refractivity contribution in [2.24, 2.45) is 22.7 Å². The molecule has 0 radical (unpaired) electrons. The minimum atomic E-state index is -0.179. The molecule has 4 unspecified atom stereocenters. The fourth-order valence-corrected chi connectivity index (χ4v) is 4.71. The van der Waals surface area contributed by atoms with Gasteiger partial charge < -0.3 is 9.47 Å². The van der Waals surface area contributed by atoms with E-state index in [1.54, 1.807) is 0 Å². The maximum absolute atomic E-state index is 11.0. The highest BCUT2D eigenvalue weighted by Gasteiger charge is 2.62. The smallest absolute Gasteiger partial charge is 0.302 e. The number of esters is 2. The Bertz CT molecular complexity index is 559. The Balaban J connectivity index is 0.000000280. The Morgan fingerprint density at radius 3 is 2.14 bits per heavy atom. The van der Waals surface area contributed by atoms with Crippen LogP contribution in [0.2, 0.25) is 0 Å². The van der Waals surface area contributed by atoms with Gasteiger partial charge in [0.05, 0.1) is 6.61 Å². The molecule has 0 aromatic rings. The van der Waals surface area contributed by atoms with Crippen molar-refractivity contribution < 1.29 is 19.1 Å². The minimum absolute atomic E-state index is 0.125. The van der Waals surface area contributed by atoms with Gasteiger partial charge in [-0.2, -0.15) is 0 Å². The summed E-state index contributed by atoms with van der Waals surface area (Å²) in [7, 11) is 0. The van der Waals surface area contributed by atoms with E-state index in [-0.39, 0.29) is 23.5 Å². The van der Waals surface area contributed by atoms with Gasteiger partial charge in [-0.15, -0.1) is 0 Å². The van der Waals surface area contributed by atoms with Crippen LogP contribution in [-0.2, 0) is 19.1 Å². The maximum Gasteiger partial charge on any atom is 0.302 e. The second-order valence-electron chi connectivity index (χ2n) is 9.80. The number of hydrogen-bond donors (Lipinski definition) is 0. The van der Waals surface area contributed by atoms with E-state index in [1.807, 2.05) is 0 Å². The van der Waals surface area contributed by atoms with Crippen LogP contribution >= 0.6 is 0 Å². The highest BCUT2D eigenvalue weighted by atomic mass is 16.5. The SMILES string of the molecule is CC(=O)OC1CC2CCC1(C)C2(C)C.CC(=O)OCCC(C)CCC=C(C)C. The summed E-state index contributed by atoms with van der Waals surface area (Å²) in [4.78, 5) is 21.5. The first-order valence-electron chi connectivity index (χ1n) is 10.8. The van der Waals surface area contributed by atoms with Crippen molar-refractivity contribution in [1.82, 2.24) is 0 Å². The normalized spacial score (nSPS) is 28.0. The molecule has 4 nitrogen and oxygen atoms in total. The molecule has 28 heavy (non-hydrogen) atoms. The first kappa shape index (κ1) is 24.7. The summed E-state index contributed by atoms with van der Waals surface area (Å²) >= 11 is 0. The maximum atomic E-state index is 11.0. The minimum Gasteiger partial charge on any atom is -0.466 e. The average molecular weight is 395 g/mol. The number of ether oxygens (including phenoxy) is 2. The van der Waals surface area contributed by atoms with Crippen LogP contribution in [-0.4, -0.2) is 24.6 Å². The lowest BCUT2D eigenvalue weighted by Gasteiger charge is -2.38. The molecule has 0 heterocycles. The lowest BCUT2D eigenvalue weighted by Crippen LogP contribution is -2.37. The van der Waals surface area contributed by atoms with Crippen LogP contribution in [0.1, 0.15) is 93.9 Å². The van der Waals surface area contributed by atoms with Crippen molar-refractivity contribution in [2.75, 3.05) is 6.61 Å². The quantitative estimate of drug-likeness (QED) is 0.387. The van der Waals surface area contributed by atoms with Crippen LogP contribution in [0.4, 0.5) is 0 Å². The summed E-state index contributed by atoms with van der Waals surface area (Å²) in [6.07, 6.45) is 9.27. The van der Waals surface area contributed by atoms with Gasteiger partial charge in [-0.25, -0.2) is 0 Å². The van der Waals surface area contributed by atoms with E-state index in [0.717, 1.165) is 25.2 Å². The van der Waals surface area contributed by atoms with Crippen molar-refractivity contribution in [3.05, 3.63) is 11.6 Å². The van der Waals surface area contributed by atoms with Crippen molar-refractivity contribution in [2.45, 2.75) is 100 Å². The van der Waals surface area contributed by atoms with Gasteiger partial charge in [0, 0.05) is 19.3 Å². The lowest BCUT2D eigenvalue weighted by atomic mass is 9.70. The molecule has 2 rings (SSSR count). The summed E-state index contributed by atoms with van der Waals surface area (Å²) < 4.78 is 10.3. The van der Waals surface area contributed by atoms with Crippen molar-refractivity contribution in [3.8, 4) is 0 Å². The number of rotatable bonds is 7. The predicted molar refractivity (Wildman–Crippen MR) is 114 cm³/mol. The highest BCUT2D eigenvalue weighted by Crippen LogP contribution is 2.66. The van der Waals surface area contributed by atoms with E-state index in [2.05, 4.69) is 47.6 Å². The van der Waals surface area contributed by atoms with Crippen LogP contribution in [0, 0.1) is 22.7 Å². The molecule has 4 heteroatoms. The molecule has 0 saturated heterocycles. The Morgan fingerprint density at radius 1 is 1.07 bits per heavy atom. The van der Waals surface area contributed by atoms with Gasteiger partial charge >= 0.3 is 11.9 Å². The van der Waals surface area contributed by atoms with Crippen LogP contribution in [0.15, 0.2) is 11.6 Å². The van der Waals surface area contributed by atoms with Gasteiger partial charge in [-0.3, -0.25) is 9.59 Å². The Hall–Kier alpha value is -1.32.